The fourth-order valence-corrected chi connectivity index (χ4v) is 1.34. The summed E-state index contributed by atoms with van der Waals surface area (Å²) in [6, 6.07) is 1.82. The Balaban J connectivity index is 3.44. The van der Waals surface area contributed by atoms with Crippen LogP contribution in [-0.4, -0.2) is 15.6 Å². The zero-order valence-electron chi connectivity index (χ0n) is 8.68. The Morgan fingerprint density at radius 2 is 1.88 bits per heavy atom. The highest BCUT2D eigenvalue weighted by atomic mass is 19.1. The van der Waals surface area contributed by atoms with Gasteiger partial charge in [-0.3, -0.25) is 25.0 Å². The van der Waals surface area contributed by atoms with Gasteiger partial charge in [-0.1, -0.05) is 0 Å². The van der Waals surface area contributed by atoms with Gasteiger partial charge >= 0.3 is 11.4 Å². The van der Waals surface area contributed by atoms with Crippen molar-refractivity contribution in [3.63, 3.8) is 0 Å². The molecule has 0 atom stereocenters. The van der Waals surface area contributed by atoms with Gasteiger partial charge in [0.15, 0.2) is 0 Å². The van der Waals surface area contributed by atoms with E-state index in [9.17, 15) is 29.4 Å². The maximum atomic E-state index is 13.5. The number of nitrogens with zero attached hydrogens (tertiary/aromatic N) is 2. The second kappa shape index (κ2) is 4.64. The standard InChI is InChI=1S/C9H7FN2O5/c1-5(13)4-6-2-3-7(11(14)15)8(10)9(6)12(16)17/h2-3H,4H2,1H3. The molecule has 0 aliphatic carbocycles. The quantitative estimate of drug-likeness (QED) is 0.591. The van der Waals surface area contributed by atoms with E-state index >= 15 is 0 Å². The second-order valence-electron chi connectivity index (χ2n) is 3.30. The Morgan fingerprint density at radius 3 is 2.29 bits per heavy atom. The molecule has 7 nitrogen and oxygen atoms in total. The van der Waals surface area contributed by atoms with Crippen molar-refractivity contribution in [1.82, 2.24) is 0 Å². The van der Waals surface area contributed by atoms with Gasteiger partial charge in [-0.2, -0.15) is 4.39 Å². The zero-order valence-corrected chi connectivity index (χ0v) is 8.68. The van der Waals surface area contributed by atoms with Crippen molar-refractivity contribution in [2.75, 3.05) is 0 Å². The molecule has 17 heavy (non-hydrogen) atoms. The summed E-state index contributed by atoms with van der Waals surface area (Å²) in [6.07, 6.45) is -0.342. The topological polar surface area (TPSA) is 103 Å². The molecule has 0 N–H and O–H groups in total. The minimum absolute atomic E-state index is 0.175. The van der Waals surface area contributed by atoms with E-state index in [1.807, 2.05) is 0 Å². The van der Waals surface area contributed by atoms with Gasteiger partial charge in [0.2, 0.25) is 0 Å². The lowest BCUT2D eigenvalue weighted by molar-refractivity contribution is -0.399. The highest BCUT2D eigenvalue weighted by molar-refractivity contribution is 5.79. The fraction of sp³-hybridized carbons (Fsp3) is 0.222. The summed E-state index contributed by atoms with van der Waals surface area (Å²) >= 11 is 0. The van der Waals surface area contributed by atoms with Gasteiger partial charge in [0, 0.05) is 18.1 Å². The van der Waals surface area contributed by atoms with Crippen molar-refractivity contribution in [2.45, 2.75) is 13.3 Å². The Kier molecular flexibility index (Phi) is 3.46. The van der Waals surface area contributed by atoms with Crippen molar-refractivity contribution >= 4 is 17.2 Å². The van der Waals surface area contributed by atoms with E-state index in [1.165, 1.54) is 6.92 Å². The Labute approximate surface area is 94.2 Å². The van der Waals surface area contributed by atoms with Crippen LogP contribution in [0.25, 0.3) is 0 Å². The lowest BCUT2D eigenvalue weighted by atomic mass is 10.1. The number of Topliss-reactive ketones (excluding diaryl/α,β-unsaturated/α-hetero) is 1. The smallest absolute Gasteiger partial charge is 0.300 e. The molecular formula is C9H7FN2O5. The monoisotopic (exact) mass is 242 g/mol. The molecule has 0 bridgehead atoms. The molecule has 0 unspecified atom stereocenters. The second-order valence-corrected chi connectivity index (χ2v) is 3.30. The van der Waals surface area contributed by atoms with Crippen LogP contribution in [0.1, 0.15) is 12.5 Å². The first kappa shape index (κ1) is 12.7. The van der Waals surface area contributed by atoms with E-state index in [-0.39, 0.29) is 12.0 Å². The highest BCUT2D eigenvalue weighted by Crippen LogP contribution is 2.30. The number of nitro groups is 2. The number of hydrogen-bond acceptors (Lipinski definition) is 5. The maximum Gasteiger partial charge on any atom is 0.315 e. The summed E-state index contributed by atoms with van der Waals surface area (Å²) in [4.78, 5) is 29.8. The molecule has 0 radical (unpaired) electrons. The molecule has 0 fully saturated rings. The van der Waals surface area contributed by atoms with Gasteiger partial charge in [-0.25, -0.2) is 0 Å². The SMILES string of the molecule is CC(=O)Cc1ccc([N+](=O)[O-])c(F)c1[N+](=O)[O-]. The molecule has 8 heteroatoms. The van der Waals surface area contributed by atoms with Crippen molar-refractivity contribution in [3.05, 3.63) is 43.7 Å². The third kappa shape index (κ3) is 2.60. The molecule has 0 aliphatic rings. The largest absolute Gasteiger partial charge is 0.315 e. The normalized spacial score (nSPS) is 10.0. The predicted octanol–water partition coefficient (Wildman–Crippen LogP) is 1.77. The van der Waals surface area contributed by atoms with Crippen LogP contribution >= 0.6 is 0 Å². The number of halogens is 1. The molecule has 0 aromatic heterocycles. The number of carbonyl (C=O) groups is 1. The third-order valence-electron chi connectivity index (χ3n) is 2.00. The first-order valence-electron chi connectivity index (χ1n) is 4.44. The summed E-state index contributed by atoms with van der Waals surface area (Å²) in [5.41, 5.74) is -2.18. The van der Waals surface area contributed by atoms with Gasteiger partial charge in [-0.05, 0) is 13.0 Å². The predicted molar refractivity (Wildman–Crippen MR) is 54.1 cm³/mol. The van der Waals surface area contributed by atoms with Crippen LogP contribution in [0.5, 0.6) is 0 Å². The van der Waals surface area contributed by atoms with E-state index in [4.69, 9.17) is 0 Å². The van der Waals surface area contributed by atoms with E-state index in [1.54, 1.807) is 0 Å². The molecular weight excluding hydrogens is 235 g/mol. The average molecular weight is 242 g/mol. The third-order valence-corrected chi connectivity index (χ3v) is 2.00. The van der Waals surface area contributed by atoms with Crippen LogP contribution in [0, 0.1) is 26.0 Å². The Morgan fingerprint density at radius 1 is 1.29 bits per heavy atom. The molecule has 90 valence electrons. The number of rotatable bonds is 4. The number of benzene rings is 1. The minimum atomic E-state index is -1.53. The van der Waals surface area contributed by atoms with Crippen LogP contribution in [0.15, 0.2) is 12.1 Å². The summed E-state index contributed by atoms with van der Waals surface area (Å²) < 4.78 is 13.5. The lowest BCUT2D eigenvalue weighted by Gasteiger charge is -2.02. The average Bonchev–Trinajstić information content (AvgIpc) is 2.15. The zero-order chi connectivity index (χ0) is 13.2. The van der Waals surface area contributed by atoms with E-state index in [0.717, 1.165) is 12.1 Å². The molecule has 0 heterocycles. The van der Waals surface area contributed by atoms with Crippen molar-refractivity contribution in [3.8, 4) is 0 Å². The fourth-order valence-electron chi connectivity index (χ4n) is 1.34. The molecule has 0 saturated heterocycles. The van der Waals surface area contributed by atoms with Crippen LogP contribution in [-0.2, 0) is 11.2 Å². The molecule has 0 aliphatic heterocycles. The summed E-state index contributed by atoms with van der Waals surface area (Å²) in [5, 5.41) is 21.0. The van der Waals surface area contributed by atoms with Crippen LogP contribution in [0.3, 0.4) is 0 Å². The van der Waals surface area contributed by atoms with Crippen molar-refractivity contribution in [1.29, 1.82) is 0 Å². The first-order valence-corrected chi connectivity index (χ1v) is 4.44. The van der Waals surface area contributed by atoms with E-state index in [0.29, 0.717) is 0 Å². The van der Waals surface area contributed by atoms with Gasteiger partial charge in [0.05, 0.1) is 9.85 Å². The molecule has 0 saturated carbocycles. The number of carbonyl (C=O) groups excluding carboxylic acids is 1. The molecule has 1 aromatic carbocycles. The first-order chi connectivity index (χ1) is 7.84. The van der Waals surface area contributed by atoms with E-state index in [2.05, 4.69) is 0 Å². The number of nitro benzene ring substituents is 2. The van der Waals surface area contributed by atoms with E-state index < -0.39 is 32.8 Å². The van der Waals surface area contributed by atoms with Crippen molar-refractivity contribution < 1.29 is 19.0 Å². The van der Waals surface area contributed by atoms with Crippen LogP contribution in [0.2, 0.25) is 0 Å². The summed E-state index contributed by atoms with van der Waals surface area (Å²) in [7, 11) is 0. The summed E-state index contributed by atoms with van der Waals surface area (Å²) in [5.74, 6) is -1.93. The summed E-state index contributed by atoms with van der Waals surface area (Å²) in [6.45, 7) is 1.18. The van der Waals surface area contributed by atoms with Gasteiger partial charge < -0.3 is 0 Å². The molecule has 1 rings (SSSR count). The van der Waals surface area contributed by atoms with Crippen LogP contribution < -0.4 is 0 Å². The number of hydrogen-bond donors (Lipinski definition) is 0. The van der Waals surface area contributed by atoms with Gasteiger partial charge in [0.25, 0.3) is 5.82 Å². The lowest BCUT2D eigenvalue weighted by Crippen LogP contribution is -2.05. The van der Waals surface area contributed by atoms with Gasteiger partial charge in [0.1, 0.15) is 5.78 Å². The Hall–Kier alpha value is -2.38. The minimum Gasteiger partial charge on any atom is -0.300 e. The molecule has 1 aromatic rings. The molecule has 0 amide bonds. The highest BCUT2D eigenvalue weighted by Gasteiger charge is 2.29. The van der Waals surface area contributed by atoms with Crippen molar-refractivity contribution in [2.24, 2.45) is 0 Å². The molecule has 0 spiro atoms. The number of ketones is 1. The maximum absolute atomic E-state index is 13.5. The van der Waals surface area contributed by atoms with Gasteiger partial charge in [-0.15, -0.1) is 0 Å². The Bertz CT molecular complexity index is 514. The van der Waals surface area contributed by atoms with Crippen LogP contribution in [0.4, 0.5) is 15.8 Å².